The van der Waals surface area contributed by atoms with Crippen molar-refractivity contribution < 1.29 is 14.3 Å². The number of hydrogen-bond donors (Lipinski definition) is 0. The van der Waals surface area contributed by atoms with Crippen molar-refractivity contribution >= 4 is 40.1 Å². The van der Waals surface area contributed by atoms with E-state index in [-0.39, 0.29) is 5.78 Å². The number of ether oxygens (including phenoxy) is 2. The lowest BCUT2D eigenvalue weighted by Crippen LogP contribution is -2.40. The third kappa shape index (κ3) is 5.82. The fourth-order valence-electron chi connectivity index (χ4n) is 5.62. The number of carbonyl (C=O) groups is 1. The van der Waals surface area contributed by atoms with Gasteiger partial charge >= 0.3 is 0 Å². The summed E-state index contributed by atoms with van der Waals surface area (Å²) in [6.07, 6.45) is 9.77. The van der Waals surface area contributed by atoms with E-state index in [2.05, 4.69) is 60.2 Å². The van der Waals surface area contributed by atoms with Crippen LogP contribution in [0.25, 0.3) is 22.7 Å². The summed E-state index contributed by atoms with van der Waals surface area (Å²) in [6.45, 7) is 11.6. The van der Waals surface area contributed by atoms with Crippen molar-refractivity contribution in [3.05, 3.63) is 84.0 Å². The van der Waals surface area contributed by atoms with E-state index in [0.717, 1.165) is 72.6 Å². The minimum Gasteiger partial charge on any atom is -0.497 e. The summed E-state index contributed by atoms with van der Waals surface area (Å²) in [5.41, 5.74) is 5.18. The van der Waals surface area contributed by atoms with Crippen molar-refractivity contribution in [1.82, 2.24) is 9.47 Å². The molecule has 5 rings (SSSR count). The Morgan fingerprint density at radius 1 is 1.15 bits per heavy atom. The van der Waals surface area contributed by atoms with E-state index in [1.807, 2.05) is 18.2 Å². The Labute approximate surface area is 237 Å². The molecule has 1 saturated heterocycles. The number of allylic oxidation sites excluding steroid dienone is 4. The van der Waals surface area contributed by atoms with Crippen molar-refractivity contribution in [3.8, 4) is 5.75 Å². The highest BCUT2D eigenvalue weighted by atomic mass is 16.5. The van der Waals surface area contributed by atoms with Crippen LogP contribution in [-0.4, -0.2) is 54.5 Å². The summed E-state index contributed by atoms with van der Waals surface area (Å²) < 4.78 is 13.2. The molecule has 6 nitrogen and oxygen atoms in total. The Hall–Kier alpha value is -3.90. The van der Waals surface area contributed by atoms with Crippen LogP contribution in [0.4, 0.5) is 5.82 Å². The second-order valence-electron chi connectivity index (χ2n) is 10.5. The molecular formula is C34H39N3O3. The van der Waals surface area contributed by atoms with Crippen LogP contribution in [0.15, 0.2) is 77.8 Å². The van der Waals surface area contributed by atoms with Gasteiger partial charge in [-0.2, -0.15) is 0 Å². The van der Waals surface area contributed by atoms with Gasteiger partial charge < -0.3 is 14.4 Å². The number of para-hydroxylation sites is 1. The van der Waals surface area contributed by atoms with Gasteiger partial charge in [-0.15, -0.1) is 0 Å². The van der Waals surface area contributed by atoms with Crippen molar-refractivity contribution in [3.63, 3.8) is 0 Å². The van der Waals surface area contributed by atoms with Crippen LogP contribution in [0.2, 0.25) is 0 Å². The van der Waals surface area contributed by atoms with Gasteiger partial charge in [0.15, 0.2) is 5.78 Å². The van der Waals surface area contributed by atoms with Gasteiger partial charge in [-0.3, -0.25) is 9.36 Å². The van der Waals surface area contributed by atoms with Gasteiger partial charge in [0.25, 0.3) is 0 Å². The van der Waals surface area contributed by atoms with E-state index < -0.39 is 0 Å². The monoisotopic (exact) mass is 537 g/mol. The van der Waals surface area contributed by atoms with Gasteiger partial charge in [0.05, 0.1) is 25.8 Å². The van der Waals surface area contributed by atoms with E-state index in [1.165, 1.54) is 11.3 Å². The zero-order valence-corrected chi connectivity index (χ0v) is 23.9. The highest BCUT2D eigenvalue weighted by molar-refractivity contribution is 6.09. The van der Waals surface area contributed by atoms with E-state index >= 15 is 0 Å². The van der Waals surface area contributed by atoms with Crippen molar-refractivity contribution in [1.29, 1.82) is 0 Å². The molecule has 0 bridgehead atoms. The molecule has 0 spiro atoms. The summed E-state index contributed by atoms with van der Waals surface area (Å²) in [4.78, 5) is 20.9. The number of morpholine rings is 1. The molecular weight excluding hydrogens is 498 g/mol. The zero-order valence-electron chi connectivity index (χ0n) is 23.9. The van der Waals surface area contributed by atoms with E-state index in [1.54, 1.807) is 25.3 Å². The van der Waals surface area contributed by atoms with Crippen molar-refractivity contribution in [2.24, 2.45) is 10.9 Å². The predicted octanol–water partition coefficient (Wildman–Crippen LogP) is 7.54. The SMILES string of the molecule is C=C(C)C1CC=C(n2c(/N=C(\CC)N3CCOCC3)c(/C=C/C(=O)c3ccc(OC)cc3)c3ccccc32)CC1. The molecule has 208 valence electrons. The smallest absolute Gasteiger partial charge is 0.185 e. The third-order valence-corrected chi connectivity index (χ3v) is 7.96. The van der Waals surface area contributed by atoms with Gasteiger partial charge in [0.2, 0.25) is 0 Å². The Morgan fingerprint density at radius 2 is 1.90 bits per heavy atom. The quantitative estimate of drug-likeness (QED) is 0.0980. The van der Waals surface area contributed by atoms with Gasteiger partial charge in [-0.05, 0) is 74.6 Å². The first-order valence-corrected chi connectivity index (χ1v) is 14.2. The Bertz CT molecular complexity index is 1470. The van der Waals surface area contributed by atoms with Gasteiger partial charge in [0, 0.05) is 41.7 Å². The van der Waals surface area contributed by atoms with Crippen LogP contribution in [0.3, 0.4) is 0 Å². The van der Waals surface area contributed by atoms with E-state index in [9.17, 15) is 4.79 Å². The number of aromatic nitrogens is 1. The van der Waals surface area contributed by atoms with E-state index in [4.69, 9.17) is 14.5 Å². The number of aliphatic imine (C=N–C) groups is 1. The lowest BCUT2D eigenvalue weighted by Gasteiger charge is -2.30. The van der Waals surface area contributed by atoms with Crippen molar-refractivity contribution in [2.45, 2.75) is 39.5 Å². The lowest BCUT2D eigenvalue weighted by atomic mass is 9.87. The largest absolute Gasteiger partial charge is 0.497 e. The highest BCUT2D eigenvalue weighted by Gasteiger charge is 2.23. The molecule has 1 aliphatic carbocycles. The molecule has 0 N–H and O–H groups in total. The van der Waals surface area contributed by atoms with Crippen LogP contribution < -0.4 is 4.74 Å². The molecule has 6 heteroatoms. The Morgan fingerprint density at radius 3 is 2.55 bits per heavy atom. The maximum atomic E-state index is 13.2. The van der Waals surface area contributed by atoms with Gasteiger partial charge in [-0.25, -0.2) is 4.99 Å². The summed E-state index contributed by atoms with van der Waals surface area (Å²) >= 11 is 0. The van der Waals surface area contributed by atoms with Crippen LogP contribution in [0, 0.1) is 5.92 Å². The molecule has 1 aliphatic heterocycles. The number of hydrogen-bond acceptors (Lipinski definition) is 4. The number of methoxy groups -OCH3 is 1. The average Bonchev–Trinajstić information content (AvgIpc) is 3.31. The average molecular weight is 538 g/mol. The number of rotatable bonds is 8. The number of fused-ring (bicyclic) bond motifs is 1. The maximum absolute atomic E-state index is 13.2. The first kappa shape index (κ1) is 27.7. The fraction of sp³-hybridized carbons (Fsp3) is 0.353. The molecule has 1 fully saturated rings. The summed E-state index contributed by atoms with van der Waals surface area (Å²) in [5, 5.41) is 1.08. The normalized spacial score (nSPS) is 18.3. The Kier molecular flexibility index (Phi) is 8.66. The predicted molar refractivity (Wildman–Crippen MR) is 165 cm³/mol. The molecule has 0 radical (unpaired) electrons. The topological polar surface area (TPSA) is 56.1 Å². The lowest BCUT2D eigenvalue weighted by molar-refractivity contribution is 0.0673. The van der Waals surface area contributed by atoms with Crippen LogP contribution in [-0.2, 0) is 4.74 Å². The summed E-state index contributed by atoms with van der Waals surface area (Å²) in [5.74, 6) is 3.10. The zero-order chi connectivity index (χ0) is 28.1. The Balaban J connectivity index is 1.64. The van der Waals surface area contributed by atoms with Crippen molar-refractivity contribution in [2.75, 3.05) is 33.4 Å². The summed E-state index contributed by atoms with van der Waals surface area (Å²) in [6, 6.07) is 15.6. The van der Waals surface area contributed by atoms with Gasteiger partial charge in [0.1, 0.15) is 17.4 Å². The number of benzene rings is 2. The number of nitrogens with zero attached hydrogens (tertiary/aromatic N) is 3. The molecule has 2 aliphatic rings. The number of amidine groups is 1. The molecule has 0 saturated carbocycles. The molecule has 2 heterocycles. The second-order valence-corrected chi connectivity index (χ2v) is 10.5. The molecule has 40 heavy (non-hydrogen) atoms. The number of carbonyl (C=O) groups excluding carboxylic acids is 1. The second kappa shape index (κ2) is 12.5. The third-order valence-electron chi connectivity index (χ3n) is 7.96. The van der Waals surface area contributed by atoms with Crippen LogP contribution >= 0.6 is 0 Å². The van der Waals surface area contributed by atoms with Gasteiger partial charge in [-0.1, -0.05) is 43.4 Å². The van der Waals surface area contributed by atoms with Crippen LogP contribution in [0.5, 0.6) is 5.75 Å². The van der Waals surface area contributed by atoms with Crippen LogP contribution in [0.1, 0.15) is 55.5 Å². The molecule has 1 aromatic heterocycles. The molecule has 2 aromatic carbocycles. The standard InChI is InChI=1S/C34H39N3O3/c1-5-33(36-20-22-40-23-21-36)35-34-30(18-19-32(38)26-12-16-28(39-4)17-13-26)29-8-6-7-9-31(29)37(34)27-14-10-25(11-15-27)24(2)3/h6-9,12-14,16-19,25H,2,5,10-11,15,20-23H2,1,3-4H3/b19-18+,35-33+. The molecule has 3 aromatic rings. The maximum Gasteiger partial charge on any atom is 0.185 e. The molecule has 0 amide bonds. The first-order valence-electron chi connectivity index (χ1n) is 14.2. The molecule has 1 atom stereocenters. The first-order chi connectivity index (χ1) is 19.5. The van der Waals surface area contributed by atoms with E-state index in [0.29, 0.717) is 24.7 Å². The fourth-order valence-corrected chi connectivity index (χ4v) is 5.62. The highest BCUT2D eigenvalue weighted by Crippen LogP contribution is 2.40. The minimum absolute atomic E-state index is 0.0560. The number of ketones is 1. The molecule has 1 unspecified atom stereocenters. The summed E-state index contributed by atoms with van der Waals surface area (Å²) in [7, 11) is 1.62. The minimum atomic E-state index is -0.0560.